The second kappa shape index (κ2) is 12.9. The van der Waals surface area contributed by atoms with Crippen LogP contribution < -0.4 is 4.74 Å². The molecule has 0 saturated heterocycles. The SMILES string of the molecule is N#Cc1ccc(COc2cccc(-c3ccc(Cc4nc5c(F)cc(C(=O)O)cc5n4CC(O)CCO)c(F)c3)n2)c(F)c1. The number of aliphatic hydroxyl groups is 2. The predicted octanol–water partition coefficient (Wildman–Crippen LogP) is 5.00. The first-order valence-corrected chi connectivity index (χ1v) is 13.4. The molecule has 0 bridgehead atoms. The molecule has 2 heterocycles. The number of carboxylic acids is 1. The second-order valence-corrected chi connectivity index (χ2v) is 9.99. The number of carbonyl (C=O) groups is 1. The molecule has 2 aromatic heterocycles. The van der Waals surface area contributed by atoms with Gasteiger partial charge < -0.3 is 24.6 Å². The molecule has 5 aromatic rings. The zero-order chi connectivity index (χ0) is 31.4. The Bertz CT molecular complexity index is 1900. The number of hydrogen-bond donors (Lipinski definition) is 3. The summed E-state index contributed by atoms with van der Waals surface area (Å²) in [5.74, 6) is -3.05. The van der Waals surface area contributed by atoms with E-state index in [0.29, 0.717) is 11.3 Å². The highest BCUT2D eigenvalue weighted by Gasteiger charge is 2.21. The minimum atomic E-state index is -1.35. The van der Waals surface area contributed by atoms with Crippen LogP contribution in [0, 0.1) is 28.8 Å². The minimum absolute atomic E-state index is 0.0153. The number of nitrogens with zero attached hydrogens (tertiary/aromatic N) is 4. The standard InChI is InChI=1S/C32H25F3N4O5/c33-24-10-18(15-36)4-5-21(24)17-44-30-3-1-2-27(37-30)20-7-6-19(25(34)11-20)14-29-38-31-26(35)12-22(32(42)43)13-28(31)39(29)16-23(41)8-9-40/h1-7,10-13,23,40-41H,8-9,14,16-17H2,(H,42,43). The van der Waals surface area contributed by atoms with Crippen LogP contribution in [0.5, 0.6) is 5.88 Å². The van der Waals surface area contributed by atoms with Crippen LogP contribution >= 0.6 is 0 Å². The van der Waals surface area contributed by atoms with Crippen LogP contribution in [0.15, 0.2) is 66.7 Å². The van der Waals surface area contributed by atoms with Gasteiger partial charge in [-0.05, 0) is 48.4 Å². The molecule has 0 fully saturated rings. The number of ether oxygens (including phenoxy) is 1. The number of nitriles is 1. The largest absolute Gasteiger partial charge is 0.478 e. The number of imidazole rings is 1. The summed E-state index contributed by atoms with van der Waals surface area (Å²) in [5.41, 5.74) is 1.11. The van der Waals surface area contributed by atoms with Crippen molar-refractivity contribution in [3.05, 3.63) is 112 Å². The van der Waals surface area contributed by atoms with Gasteiger partial charge in [0.2, 0.25) is 5.88 Å². The summed E-state index contributed by atoms with van der Waals surface area (Å²) in [6.07, 6.45) is -1.14. The van der Waals surface area contributed by atoms with Gasteiger partial charge in [-0.1, -0.05) is 24.3 Å². The van der Waals surface area contributed by atoms with Crippen LogP contribution in [-0.4, -0.2) is 48.5 Å². The highest BCUT2D eigenvalue weighted by Crippen LogP contribution is 2.27. The quantitative estimate of drug-likeness (QED) is 0.192. The summed E-state index contributed by atoms with van der Waals surface area (Å²) in [4.78, 5) is 20.2. The molecule has 224 valence electrons. The fourth-order valence-electron chi connectivity index (χ4n) is 4.70. The van der Waals surface area contributed by atoms with Crippen molar-refractivity contribution in [2.75, 3.05) is 6.61 Å². The number of aliphatic hydroxyl groups excluding tert-OH is 2. The zero-order valence-corrected chi connectivity index (χ0v) is 23.0. The van der Waals surface area contributed by atoms with Gasteiger partial charge in [0.25, 0.3) is 0 Å². The van der Waals surface area contributed by atoms with Crippen molar-refractivity contribution in [1.29, 1.82) is 5.26 Å². The minimum Gasteiger partial charge on any atom is -0.478 e. The monoisotopic (exact) mass is 602 g/mol. The van der Waals surface area contributed by atoms with Crippen molar-refractivity contribution in [3.63, 3.8) is 0 Å². The number of halogens is 3. The van der Waals surface area contributed by atoms with Crippen LogP contribution in [-0.2, 0) is 19.6 Å². The molecule has 0 aliphatic heterocycles. The van der Waals surface area contributed by atoms with E-state index in [1.54, 1.807) is 24.3 Å². The Hall–Kier alpha value is -5.25. The molecule has 9 nitrogen and oxygen atoms in total. The van der Waals surface area contributed by atoms with Gasteiger partial charge in [0.1, 0.15) is 29.6 Å². The van der Waals surface area contributed by atoms with Crippen LogP contribution in [0.4, 0.5) is 13.2 Å². The maximum Gasteiger partial charge on any atom is 0.335 e. The number of hydrogen-bond acceptors (Lipinski definition) is 7. The average Bonchev–Trinajstić information content (AvgIpc) is 3.34. The van der Waals surface area contributed by atoms with Gasteiger partial charge in [-0.25, -0.2) is 27.9 Å². The van der Waals surface area contributed by atoms with E-state index < -0.39 is 29.5 Å². The van der Waals surface area contributed by atoms with E-state index in [2.05, 4.69) is 9.97 Å². The average molecular weight is 603 g/mol. The molecule has 0 saturated carbocycles. The van der Waals surface area contributed by atoms with Gasteiger partial charge >= 0.3 is 5.97 Å². The molecule has 0 spiro atoms. The second-order valence-electron chi connectivity index (χ2n) is 9.99. The highest BCUT2D eigenvalue weighted by atomic mass is 19.1. The first-order valence-electron chi connectivity index (χ1n) is 13.4. The van der Waals surface area contributed by atoms with Gasteiger partial charge in [0.05, 0.1) is 41.1 Å². The lowest BCUT2D eigenvalue weighted by molar-refractivity contribution is 0.0696. The van der Waals surface area contributed by atoms with E-state index in [1.807, 2.05) is 6.07 Å². The third-order valence-electron chi connectivity index (χ3n) is 6.97. The van der Waals surface area contributed by atoms with Gasteiger partial charge in [-0.2, -0.15) is 5.26 Å². The fraction of sp³-hybridized carbons (Fsp3) is 0.188. The molecule has 3 N–H and O–H groups in total. The molecule has 1 atom stereocenters. The van der Waals surface area contributed by atoms with Crippen molar-refractivity contribution in [2.24, 2.45) is 0 Å². The molecule has 1 unspecified atom stereocenters. The van der Waals surface area contributed by atoms with Gasteiger partial charge in [0, 0.05) is 30.2 Å². The Morgan fingerprint density at radius 2 is 1.75 bits per heavy atom. The molecule has 0 aliphatic carbocycles. The smallest absolute Gasteiger partial charge is 0.335 e. The third kappa shape index (κ3) is 6.54. The van der Waals surface area contributed by atoms with Gasteiger partial charge in [0.15, 0.2) is 5.82 Å². The molecular weight excluding hydrogens is 577 g/mol. The van der Waals surface area contributed by atoms with E-state index in [4.69, 9.17) is 10.00 Å². The van der Waals surface area contributed by atoms with Crippen LogP contribution in [0.3, 0.4) is 0 Å². The summed E-state index contributed by atoms with van der Waals surface area (Å²) in [5, 5.41) is 37.9. The Morgan fingerprint density at radius 1 is 0.977 bits per heavy atom. The van der Waals surface area contributed by atoms with E-state index >= 15 is 4.39 Å². The van der Waals surface area contributed by atoms with E-state index in [1.165, 1.54) is 34.9 Å². The topological polar surface area (TPSA) is 141 Å². The van der Waals surface area contributed by atoms with Crippen molar-refractivity contribution in [1.82, 2.24) is 14.5 Å². The van der Waals surface area contributed by atoms with Crippen LogP contribution in [0.1, 0.15) is 39.3 Å². The number of aromatic carboxylic acids is 1. The molecule has 0 aliphatic rings. The Labute approximate surface area is 249 Å². The fourth-order valence-corrected chi connectivity index (χ4v) is 4.70. The first kappa shape index (κ1) is 30.2. The Kier molecular flexibility index (Phi) is 8.89. The number of fused-ring (bicyclic) bond motifs is 1. The van der Waals surface area contributed by atoms with Gasteiger partial charge in [-0.3, -0.25) is 0 Å². The summed E-state index contributed by atoms with van der Waals surface area (Å²) in [7, 11) is 0. The lowest BCUT2D eigenvalue weighted by atomic mass is 10.1. The van der Waals surface area contributed by atoms with Crippen molar-refractivity contribution in [2.45, 2.75) is 32.1 Å². The Balaban J connectivity index is 1.40. The summed E-state index contributed by atoms with van der Waals surface area (Å²) in [6.45, 7) is -0.567. The van der Waals surface area contributed by atoms with Crippen LogP contribution in [0.25, 0.3) is 22.3 Å². The molecule has 12 heteroatoms. The normalized spacial score (nSPS) is 11.8. The number of aromatic nitrogens is 3. The van der Waals surface area contributed by atoms with E-state index in [0.717, 1.165) is 12.1 Å². The molecule has 3 aromatic carbocycles. The summed E-state index contributed by atoms with van der Waals surface area (Å²) >= 11 is 0. The van der Waals surface area contributed by atoms with E-state index in [-0.39, 0.29) is 77.6 Å². The number of pyridine rings is 1. The van der Waals surface area contributed by atoms with Crippen molar-refractivity contribution in [3.8, 4) is 23.2 Å². The molecule has 0 amide bonds. The summed E-state index contributed by atoms with van der Waals surface area (Å²) in [6, 6.07) is 17.3. The Morgan fingerprint density at radius 3 is 2.45 bits per heavy atom. The first-order chi connectivity index (χ1) is 21.2. The molecular formula is C32H25F3N4O5. The lowest BCUT2D eigenvalue weighted by Gasteiger charge is -2.14. The van der Waals surface area contributed by atoms with Gasteiger partial charge in [-0.15, -0.1) is 0 Å². The van der Waals surface area contributed by atoms with Crippen molar-refractivity contribution < 1.29 is 38.0 Å². The number of carboxylic acid groups (broad SMARTS) is 1. The summed E-state index contributed by atoms with van der Waals surface area (Å²) < 4.78 is 51.5. The highest BCUT2D eigenvalue weighted by molar-refractivity contribution is 5.92. The number of benzene rings is 3. The van der Waals surface area contributed by atoms with Crippen molar-refractivity contribution >= 4 is 17.0 Å². The van der Waals surface area contributed by atoms with Crippen LogP contribution in [0.2, 0.25) is 0 Å². The zero-order valence-electron chi connectivity index (χ0n) is 23.0. The maximum atomic E-state index is 15.4. The maximum absolute atomic E-state index is 15.4. The predicted molar refractivity (Wildman–Crippen MR) is 152 cm³/mol. The molecule has 44 heavy (non-hydrogen) atoms. The van der Waals surface area contributed by atoms with E-state index in [9.17, 15) is 28.9 Å². The number of rotatable bonds is 11. The molecule has 5 rings (SSSR count). The molecule has 0 radical (unpaired) electrons. The lowest BCUT2D eigenvalue weighted by Crippen LogP contribution is -2.19. The third-order valence-corrected chi connectivity index (χ3v) is 6.97.